The first-order valence-electron chi connectivity index (χ1n) is 23.1. The third-order valence-electron chi connectivity index (χ3n) is 14.7. The van der Waals surface area contributed by atoms with E-state index in [0.29, 0.717) is 5.56 Å². The second-order valence-corrected chi connectivity index (χ2v) is 21.2. The summed E-state index contributed by atoms with van der Waals surface area (Å²) in [4.78, 5) is 83.5. The Balaban J connectivity index is 0.000000586. The van der Waals surface area contributed by atoms with Gasteiger partial charge in [-0.2, -0.15) is 0 Å². The number of Topliss-reactive ketones (excluding diaryl/α,β-unsaturated/α-hetero) is 1. The Kier molecular flexibility index (Phi) is 16.6. The Labute approximate surface area is 450 Å². The van der Waals surface area contributed by atoms with Crippen molar-refractivity contribution in [1.82, 2.24) is 5.32 Å². The first-order valence-corrected chi connectivity index (χ1v) is 25.0. The van der Waals surface area contributed by atoms with Crippen LogP contribution in [0.25, 0.3) is 0 Å². The lowest BCUT2D eigenvalue weighted by Crippen LogP contribution is -2.82. The maximum atomic E-state index is 15.5. The zero-order chi connectivity index (χ0) is 54.4. The molecule has 11 atom stereocenters. The van der Waals surface area contributed by atoms with Crippen LogP contribution >= 0.6 is 58.0 Å². The molecule has 8 rings (SSSR count). The maximum absolute atomic E-state index is 15.5. The topological polar surface area (TPSA) is 242 Å². The van der Waals surface area contributed by atoms with Crippen molar-refractivity contribution in [2.24, 2.45) is 16.7 Å². The summed E-state index contributed by atoms with van der Waals surface area (Å²) in [5.74, 6) is -7.20. The van der Waals surface area contributed by atoms with Crippen molar-refractivity contribution in [3.05, 3.63) is 144 Å². The molecule has 3 fully saturated rings. The second-order valence-electron chi connectivity index (χ2n) is 19.3. The molecule has 0 radical (unpaired) electrons. The van der Waals surface area contributed by atoms with Crippen LogP contribution in [0.5, 0.6) is 5.75 Å². The average Bonchev–Trinajstić information content (AvgIpc) is 3.37. The molecule has 2 saturated carbocycles. The van der Waals surface area contributed by atoms with Gasteiger partial charge in [0, 0.05) is 37.7 Å². The van der Waals surface area contributed by atoms with Crippen molar-refractivity contribution in [2.45, 2.75) is 108 Å². The Morgan fingerprint density at radius 1 is 0.757 bits per heavy atom. The number of nitrogens with one attached hydrogen (secondary N) is 1. The van der Waals surface area contributed by atoms with Gasteiger partial charge in [0.1, 0.15) is 34.0 Å². The van der Waals surface area contributed by atoms with Crippen LogP contribution in [0.2, 0.25) is 25.1 Å². The number of amides is 1. The van der Waals surface area contributed by atoms with Gasteiger partial charge in [-0.3, -0.25) is 19.2 Å². The van der Waals surface area contributed by atoms with E-state index in [1.54, 1.807) is 92.7 Å². The van der Waals surface area contributed by atoms with E-state index in [1.165, 1.54) is 26.0 Å². The Morgan fingerprint density at radius 3 is 1.80 bits per heavy atom. The van der Waals surface area contributed by atoms with E-state index in [0.717, 1.165) is 13.8 Å². The number of phenolic OH excluding ortho intramolecular Hbond substituents is 1. The number of aliphatic hydroxyl groups is 3. The van der Waals surface area contributed by atoms with Crippen LogP contribution in [-0.2, 0) is 42.9 Å². The van der Waals surface area contributed by atoms with E-state index in [-0.39, 0.29) is 66.2 Å². The number of ketones is 1. The second kappa shape index (κ2) is 21.8. The number of carbonyl (C=O) groups excluding carboxylic acids is 6. The number of carbonyl (C=O) groups is 6. The monoisotopic (exact) mass is 1120 g/mol. The van der Waals surface area contributed by atoms with Crippen LogP contribution < -0.4 is 5.32 Å². The van der Waals surface area contributed by atoms with Crippen LogP contribution in [0.15, 0.2) is 102 Å². The molecular weight excluding hydrogens is 1070 g/mol. The van der Waals surface area contributed by atoms with Crippen LogP contribution in [0, 0.1) is 16.7 Å². The predicted molar refractivity (Wildman–Crippen MR) is 271 cm³/mol. The van der Waals surface area contributed by atoms with E-state index in [2.05, 4.69) is 5.32 Å². The van der Waals surface area contributed by atoms with Crippen molar-refractivity contribution < 1.29 is 72.9 Å². The van der Waals surface area contributed by atoms with E-state index in [1.807, 2.05) is 0 Å². The number of fused-ring (bicyclic) bond motifs is 5. The molecule has 2 bridgehead atoms. The Hall–Kier alpha value is -5.27. The van der Waals surface area contributed by atoms with Gasteiger partial charge in [-0.15, -0.1) is 0 Å². The molecule has 74 heavy (non-hydrogen) atoms. The predicted octanol–water partition coefficient (Wildman–Crippen LogP) is 8.39. The SMILES string of the molecule is CC(=O)O[C@H]1C(=O)[C@@]2(C)[C@H]([C@H](OC(=O)c3ccccc3)[C@]3(O)C[C@H](OC(=O)[C@H](O)[C@@H](NC(=O)c4ccccc4)c4ccccc4)C(C)=C1C3(C)C)[C@]1(OC(C)=O)CO[C@@H]1C[C@@H]2O.Oc1c(Cl)c(Cl)c(Cl)c(Cl)c1Cl. The summed E-state index contributed by atoms with van der Waals surface area (Å²) >= 11 is 27.9. The molecule has 1 heterocycles. The summed E-state index contributed by atoms with van der Waals surface area (Å²) in [5.41, 5.74) is -7.02. The van der Waals surface area contributed by atoms with Gasteiger partial charge in [0.15, 0.2) is 29.3 Å². The first-order chi connectivity index (χ1) is 34.7. The zero-order valence-electron chi connectivity index (χ0n) is 40.6. The number of rotatable bonds is 10. The number of phenols is 1. The minimum Gasteiger partial charge on any atom is -0.505 e. The maximum Gasteiger partial charge on any atom is 0.338 e. The quantitative estimate of drug-likeness (QED) is 0.0329. The van der Waals surface area contributed by atoms with Crippen molar-refractivity contribution in [2.75, 3.05) is 6.61 Å². The molecule has 1 saturated heterocycles. The normalized spacial score (nSPS) is 28.4. The average molecular weight is 1120 g/mol. The molecule has 394 valence electrons. The Bertz CT molecular complexity index is 2780. The number of benzene rings is 4. The highest BCUT2D eigenvalue weighted by Gasteiger charge is 2.78. The molecule has 21 heteroatoms. The number of hydrogen-bond acceptors (Lipinski definition) is 15. The standard InChI is InChI=1S/C47H51NO14.C6HCl5O/c1-25-31(60-43(56)36(52)35(28-16-10-7-11-17-28)48-41(54)29-18-12-8-13-19-29)23-47(57)40(61-42(55)30-20-14-9-15-21-30)38-45(6,32(51)22-33-46(38,24-58-33)62-27(3)50)39(53)37(59-26(2)49)34(25)44(47,4)5;7-1-2(8)4(10)6(12)5(11)3(1)9/h7-21,31-33,35-38,40,51-52,57H,22-24H2,1-6H3,(H,48,54);12H/t31-,32-,33+,35-,36+,37+,38-,40-,45+,46-,47+;/m0./s1. The van der Waals surface area contributed by atoms with Gasteiger partial charge in [0.25, 0.3) is 5.91 Å². The fourth-order valence-corrected chi connectivity index (χ4v) is 11.9. The lowest BCUT2D eigenvalue weighted by Gasteiger charge is -2.67. The van der Waals surface area contributed by atoms with Crippen molar-refractivity contribution in [1.29, 1.82) is 0 Å². The number of halogens is 5. The summed E-state index contributed by atoms with van der Waals surface area (Å²) in [7, 11) is 0. The first kappa shape index (κ1) is 56.5. The van der Waals surface area contributed by atoms with Gasteiger partial charge in [-0.05, 0) is 54.8 Å². The molecule has 4 aromatic rings. The molecule has 16 nitrogen and oxygen atoms in total. The third kappa shape index (κ3) is 10.0. The van der Waals surface area contributed by atoms with Gasteiger partial charge in [0.05, 0.1) is 50.7 Å². The molecule has 0 unspecified atom stereocenters. The summed E-state index contributed by atoms with van der Waals surface area (Å²) in [5, 5.41) is 49.2. The van der Waals surface area contributed by atoms with Crippen LogP contribution in [0.1, 0.15) is 86.7 Å². The fraction of sp³-hybridized carbons (Fsp3) is 0.396. The van der Waals surface area contributed by atoms with E-state index >= 15 is 4.79 Å². The van der Waals surface area contributed by atoms with Crippen molar-refractivity contribution in [3.63, 3.8) is 0 Å². The number of aromatic hydroxyl groups is 1. The van der Waals surface area contributed by atoms with E-state index in [9.17, 15) is 44.4 Å². The molecule has 4 aliphatic rings. The van der Waals surface area contributed by atoms with Crippen LogP contribution in [0.4, 0.5) is 0 Å². The number of ether oxygens (including phenoxy) is 5. The lowest BCUT2D eigenvalue weighted by atomic mass is 9.44. The summed E-state index contributed by atoms with van der Waals surface area (Å²) in [6.07, 6.45) is -10.5. The van der Waals surface area contributed by atoms with Crippen LogP contribution in [-0.4, -0.2) is 110 Å². The fourth-order valence-electron chi connectivity index (χ4n) is 10.8. The van der Waals surface area contributed by atoms with Gasteiger partial charge in [-0.1, -0.05) is 139 Å². The molecule has 3 aliphatic carbocycles. The van der Waals surface area contributed by atoms with Gasteiger partial charge in [-0.25, -0.2) is 9.59 Å². The van der Waals surface area contributed by atoms with Crippen molar-refractivity contribution >= 4 is 93.6 Å². The van der Waals surface area contributed by atoms with Crippen molar-refractivity contribution in [3.8, 4) is 5.75 Å². The molecule has 5 N–H and O–H groups in total. The minimum atomic E-state index is -2.39. The lowest BCUT2D eigenvalue weighted by molar-refractivity contribution is -0.346. The number of aliphatic hydroxyl groups excluding tert-OH is 2. The minimum absolute atomic E-state index is 0.00289. The summed E-state index contributed by atoms with van der Waals surface area (Å²) in [6, 6.07) is 22.9. The van der Waals surface area contributed by atoms with Gasteiger partial charge in [0.2, 0.25) is 0 Å². The highest BCUT2D eigenvalue weighted by Crippen LogP contribution is 2.64. The Morgan fingerprint density at radius 2 is 1.28 bits per heavy atom. The smallest absolute Gasteiger partial charge is 0.338 e. The summed E-state index contributed by atoms with van der Waals surface area (Å²) in [6.45, 7) is 7.97. The largest absolute Gasteiger partial charge is 0.505 e. The van der Waals surface area contributed by atoms with E-state index in [4.69, 9.17) is 81.7 Å². The highest BCUT2D eigenvalue weighted by atomic mass is 35.5. The molecule has 1 amide bonds. The molecule has 4 aromatic carbocycles. The third-order valence-corrected chi connectivity index (χ3v) is 16.9. The zero-order valence-corrected chi connectivity index (χ0v) is 44.3. The van der Waals surface area contributed by atoms with Crippen LogP contribution in [0.3, 0.4) is 0 Å². The molecule has 0 spiro atoms. The number of esters is 4. The molecule has 1 aliphatic heterocycles. The van der Waals surface area contributed by atoms with E-state index < -0.39 is 113 Å². The molecule has 0 aromatic heterocycles. The van der Waals surface area contributed by atoms with Gasteiger partial charge >= 0.3 is 23.9 Å². The highest BCUT2D eigenvalue weighted by molar-refractivity contribution is 6.55. The molecular formula is C53H52Cl5NO15. The van der Waals surface area contributed by atoms with Gasteiger partial charge < -0.3 is 49.4 Å². The number of hydrogen-bond donors (Lipinski definition) is 5. The summed E-state index contributed by atoms with van der Waals surface area (Å²) < 4.78 is 30.3.